The van der Waals surface area contributed by atoms with E-state index >= 15 is 0 Å². The number of nitrogens with zero attached hydrogens (tertiary/aromatic N) is 3. The van der Waals surface area contributed by atoms with Crippen LogP contribution in [0.3, 0.4) is 0 Å². The van der Waals surface area contributed by atoms with Crippen LogP contribution in [0.5, 0.6) is 0 Å². The van der Waals surface area contributed by atoms with E-state index in [2.05, 4.69) is 66.9 Å². The molecule has 0 radical (unpaired) electrons. The van der Waals surface area contributed by atoms with Gasteiger partial charge >= 0.3 is 0 Å². The van der Waals surface area contributed by atoms with E-state index in [9.17, 15) is 5.26 Å². The first-order chi connectivity index (χ1) is 23.7. The van der Waals surface area contributed by atoms with Crippen molar-refractivity contribution in [1.29, 1.82) is 5.26 Å². The Hall–Kier alpha value is -3.24. The van der Waals surface area contributed by atoms with Gasteiger partial charge < -0.3 is 9.64 Å². The van der Waals surface area contributed by atoms with Crippen molar-refractivity contribution in [2.45, 2.75) is 147 Å². The fourth-order valence-corrected chi connectivity index (χ4v) is 12.0. The van der Waals surface area contributed by atoms with Crippen LogP contribution in [0.2, 0.25) is 0 Å². The Kier molecular flexibility index (Phi) is 8.41. The van der Waals surface area contributed by atoms with Crippen LogP contribution in [0, 0.1) is 40.6 Å². The van der Waals surface area contributed by atoms with Crippen molar-refractivity contribution in [2.75, 3.05) is 18.0 Å². The van der Waals surface area contributed by atoms with Gasteiger partial charge in [0.1, 0.15) is 11.5 Å². The number of anilines is 1. The monoisotopic (exact) mass is 655 g/mol. The Bertz CT molecular complexity index is 1620. The van der Waals surface area contributed by atoms with E-state index in [1.165, 1.54) is 115 Å². The first kappa shape index (κ1) is 32.9. The van der Waals surface area contributed by atoms with Crippen LogP contribution >= 0.6 is 0 Å². The summed E-state index contributed by atoms with van der Waals surface area (Å²) in [6.07, 6.45) is 31.7. The molecule has 0 saturated heterocycles. The van der Waals surface area contributed by atoms with Gasteiger partial charge in [0.05, 0.1) is 12.6 Å². The molecule has 4 nitrogen and oxygen atoms in total. The summed E-state index contributed by atoms with van der Waals surface area (Å²) < 4.78 is 6.86. The third kappa shape index (κ3) is 5.43. The largest absolute Gasteiger partial charge is 0.461 e. The number of ether oxygens (including phenoxy) is 1. The van der Waals surface area contributed by atoms with Crippen molar-refractivity contribution < 1.29 is 4.74 Å². The molecule has 5 fully saturated rings. The Balaban J connectivity index is 1.14. The lowest BCUT2D eigenvalue weighted by Crippen LogP contribution is -2.55. The van der Waals surface area contributed by atoms with Crippen molar-refractivity contribution in [3.05, 3.63) is 81.3 Å². The van der Waals surface area contributed by atoms with Crippen LogP contribution < -0.4 is 4.90 Å². The minimum atomic E-state index is 0.0162. The third-order valence-corrected chi connectivity index (χ3v) is 15.3. The van der Waals surface area contributed by atoms with Crippen molar-refractivity contribution in [3.63, 3.8) is 0 Å². The molecule has 3 heterocycles. The highest BCUT2D eigenvalue weighted by Gasteiger charge is 2.53. The SMILES string of the molecule is [C-]#[N+]C(C#N)=C1C=C(C=Cc2cc3c4c(c2)C2(C)CCCCC2CN4CC2CCCCC32C)OC(C23CCC(CCCCC)(CC2)CC3)=C1. The Morgan fingerprint density at radius 2 is 1.53 bits per heavy atom. The Morgan fingerprint density at radius 1 is 0.898 bits per heavy atom. The Labute approximate surface area is 296 Å². The average molecular weight is 656 g/mol. The van der Waals surface area contributed by atoms with Crippen molar-refractivity contribution >= 4 is 11.8 Å². The summed E-state index contributed by atoms with van der Waals surface area (Å²) in [5.41, 5.74) is 7.91. The van der Waals surface area contributed by atoms with E-state index in [1.807, 2.05) is 6.08 Å². The summed E-state index contributed by atoms with van der Waals surface area (Å²) in [6.45, 7) is 17.7. The highest BCUT2D eigenvalue weighted by molar-refractivity contribution is 5.73. The van der Waals surface area contributed by atoms with Crippen LogP contribution in [0.15, 0.2) is 53.1 Å². The molecule has 2 bridgehead atoms. The first-order valence-corrected chi connectivity index (χ1v) is 20.0. The van der Waals surface area contributed by atoms with Gasteiger partial charge in [-0.2, -0.15) is 0 Å². The summed E-state index contributed by atoms with van der Waals surface area (Å²) in [4.78, 5) is 6.46. The van der Waals surface area contributed by atoms with Crippen molar-refractivity contribution in [3.8, 4) is 6.07 Å². The van der Waals surface area contributed by atoms with Gasteiger partial charge in [0, 0.05) is 24.2 Å². The minimum Gasteiger partial charge on any atom is -0.461 e. The smallest absolute Gasteiger partial charge is 0.269 e. The first-order valence-electron chi connectivity index (χ1n) is 20.0. The fraction of sp³-hybridized carbons (Fsp3) is 0.644. The molecule has 9 rings (SSSR count). The standard InChI is InChI=1S/C45H57N3O/c1-5-6-9-18-44-19-22-45(23-20-44,24-21-44)40-28-33(39(29-46)47-4)27-36(49-40)15-14-32-25-37-41-38(26-32)43(3)17-11-8-13-35(43)31-48(41)30-34-12-7-10-16-42(34,37)2/h14-15,25-28,34-35H,5-13,16-24,30-31H2,1-3H3. The quantitative estimate of drug-likeness (QED) is 0.167. The number of unbranched alkanes of at least 4 members (excludes halogenated alkanes) is 2. The molecule has 4 atom stereocenters. The molecule has 49 heavy (non-hydrogen) atoms. The number of fused-ring (bicyclic) bond motifs is 7. The molecule has 0 spiro atoms. The van der Waals surface area contributed by atoms with Gasteiger partial charge in [0.25, 0.3) is 5.70 Å². The molecule has 4 unspecified atom stereocenters. The molecule has 8 aliphatic rings. The second-order valence-corrected chi connectivity index (χ2v) is 17.8. The van der Waals surface area contributed by atoms with Gasteiger partial charge in [0.2, 0.25) is 0 Å². The molecule has 4 heteroatoms. The molecule has 1 aromatic carbocycles. The molecule has 3 aliphatic heterocycles. The van der Waals surface area contributed by atoms with Crippen LogP contribution in [0.1, 0.15) is 153 Å². The summed E-state index contributed by atoms with van der Waals surface area (Å²) in [5.74, 6) is 3.22. The summed E-state index contributed by atoms with van der Waals surface area (Å²) in [7, 11) is 0. The lowest BCUT2D eigenvalue weighted by atomic mass is 9.52. The zero-order valence-corrected chi connectivity index (χ0v) is 30.5. The summed E-state index contributed by atoms with van der Waals surface area (Å²) in [5, 5.41) is 9.93. The highest BCUT2D eigenvalue weighted by Crippen LogP contribution is 2.63. The van der Waals surface area contributed by atoms with Crippen LogP contribution in [-0.2, 0) is 15.6 Å². The minimum absolute atomic E-state index is 0.0162. The second kappa shape index (κ2) is 12.5. The number of hydrogen-bond acceptors (Lipinski definition) is 3. The molecular formula is C45H57N3O. The Morgan fingerprint density at radius 3 is 2.10 bits per heavy atom. The predicted molar refractivity (Wildman–Crippen MR) is 200 cm³/mol. The van der Waals surface area contributed by atoms with Gasteiger partial charge in [0.15, 0.2) is 0 Å². The van der Waals surface area contributed by atoms with Crippen LogP contribution in [-0.4, -0.2) is 13.1 Å². The van der Waals surface area contributed by atoms with Crippen LogP contribution in [0.25, 0.3) is 10.9 Å². The van der Waals surface area contributed by atoms with Gasteiger partial charge in [-0.1, -0.05) is 71.8 Å². The van der Waals surface area contributed by atoms with Gasteiger partial charge in [-0.05, 0) is 151 Å². The molecule has 1 aromatic rings. The molecule has 258 valence electrons. The van der Waals surface area contributed by atoms with E-state index in [0.29, 0.717) is 11.0 Å². The maximum Gasteiger partial charge on any atom is 0.269 e. The highest BCUT2D eigenvalue weighted by atomic mass is 16.5. The van der Waals surface area contributed by atoms with Crippen molar-refractivity contribution in [2.24, 2.45) is 22.7 Å². The topological polar surface area (TPSA) is 40.6 Å². The number of hydrogen-bond donors (Lipinski definition) is 0. The zero-order valence-electron chi connectivity index (χ0n) is 30.5. The zero-order chi connectivity index (χ0) is 33.9. The summed E-state index contributed by atoms with van der Waals surface area (Å²) >= 11 is 0. The fourth-order valence-electron chi connectivity index (χ4n) is 12.0. The van der Waals surface area contributed by atoms with E-state index in [1.54, 1.807) is 16.8 Å². The third-order valence-electron chi connectivity index (χ3n) is 15.3. The average Bonchev–Trinajstić information content (AvgIpc) is 3.13. The van der Waals surface area contributed by atoms with Gasteiger partial charge in [-0.25, -0.2) is 10.1 Å². The lowest BCUT2D eigenvalue weighted by molar-refractivity contribution is -0.0195. The number of benzene rings is 1. The molecule has 0 aromatic heterocycles. The maximum atomic E-state index is 9.93. The lowest BCUT2D eigenvalue weighted by Gasteiger charge is -2.58. The number of allylic oxidation sites excluding steroid dienone is 6. The molecule has 0 amide bonds. The molecular weight excluding hydrogens is 599 g/mol. The molecule has 0 N–H and O–H groups in total. The van der Waals surface area contributed by atoms with Gasteiger partial charge in [-0.3, -0.25) is 0 Å². The van der Waals surface area contributed by atoms with Gasteiger partial charge in [-0.15, -0.1) is 0 Å². The molecule has 5 saturated carbocycles. The number of nitriles is 1. The summed E-state index contributed by atoms with van der Waals surface area (Å²) in [6, 6.07) is 7.25. The van der Waals surface area contributed by atoms with E-state index in [-0.39, 0.29) is 21.9 Å². The molecule has 5 aliphatic carbocycles. The predicted octanol–water partition coefficient (Wildman–Crippen LogP) is 11.8. The van der Waals surface area contributed by atoms with Crippen molar-refractivity contribution in [1.82, 2.24) is 0 Å². The maximum absolute atomic E-state index is 9.93. The van der Waals surface area contributed by atoms with E-state index in [0.717, 1.165) is 42.6 Å². The van der Waals surface area contributed by atoms with Crippen LogP contribution in [0.4, 0.5) is 5.69 Å². The number of rotatable bonds is 7. The van der Waals surface area contributed by atoms with E-state index < -0.39 is 0 Å². The van der Waals surface area contributed by atoms with E-state index in [4.69, 9.17) is 11.3 Å². The second-order valence-electron chi connectivity index (χ2n) is 17.8. The normalized spacial score (nSPS) is 37.1.